The van der Waals surface area contributed by atoms with Crippen LogP contribution in [0.1, 0.15) is 27.2 Å². The normalized spacial score (nSPS) is 17.2. The summed E-state index contributed by atoms with van der Waals surface area (Å²) in [6, 6.07) is 0. The molecule has 1 fully saturated rings. The summed E-state index contributed by atoms with van der Waals surface area (Å²) in [5.74, 6) is 0.580. The van der Waals surface area contributed by atoms with Gasteiger partial charge < -0.3 is 15.2 Å². The number of hydrogen-bond acceptors (Lipinski definition) is 5. The molecule has 1 aromatic heterocycles. The number of anilines is 1. The number of nitrogens with two attached hydrogens (primary N) is 1. The van der Waals surface area contributed by atoms with Gasteiger partial charge in [-0.25, -0.2) is 4.98 Å². The highest BCUT2D eigenvalue weighted by Gasteiger charge is 2.29. The van der Waals surface area contributed by atoms with Crippen LogP contribution in [0, 0.1) is 0 Å². The maximum absolute atomic E-state index is 12.4. The van der Waals surface area contributed by atoms with E-state index in [1.54, 1.807) is 17.0 Å². The summed E-state index contributed by atoms with van der Waals surface area (Å²) < 4.78 is 1.75. The largest absolute Gasteiger partial charge is 0.349 e. The van der Waals surface area contributed by atoms with E-state index in [0.29, 0.717) is 12.4 Å². The molecule has 0 aliphatic carbocycles. The summed E-state index contributed by atoms with van der Waals surface area (Å²) in [7, 11) is 0. The minimum absolute atomic E-state index is 0.0125. The first kappa shape index (κ1) is 16.0. The molecule has 0 aromatic carbocycles. The minimum atomic E-state index is 0.0125. The van der Waals surface area contributed by atoms with Crippen molar-refractivity contribution in [1.82, 2.24) is 14.5 Å². The Bertz CT molecular complexity index is 517. The van der Waals surface area contributed by atoms with Gasteiger partial charge in [0, 0.05) is 57.2 Å². The van der Waals surface area contributed by atoms with Gasteiger partial charge >= 0.3 is 0 Å². The van der Waals surface area contributed by atoms with E-state index in [-0.39, 0.29) is 11.1 Å². The zero-order valence-electron chi connectivity index (χ0n) is 13.4. The number of nitrogens with zero attached hydrogens (tertiary/aromatic N) is 4. The van der Waals surface area contributed by atoms with Crippen molar-refractivity contribution in [3.63, 3.8) is 0 Å². The number of hydrogen-bond donors (Lipinski definition) is 1. The van der Waals surface area contributed by atoms with Crippen molar-refractivity contribution >= 4 is 5.82 Å². The Hall–Kier alpha value is -1.40. The fraction of sp³-hybridized carbons (Fsp3) is 0.733. The molecular weight excluding hydrogens is 266 g/mol. The second-order valence-electron chi connectivity index (χ2n) is 6.24. The van der Waals surface area contributed by atoms with Crippen LogP contribution in [0.4, 0.5) is 5.82 Å². The second kappa shape index (κ2) is 6.58. The molecule has 1 aromatic rings. The third kappa shape index (κ3) is 3.44. The van der Waals surface area contributed by atoms with E-state index in [2.05, 4.69) is 35.6 Å². The predicted molar refractivity (Wildman–Crippen MR) is 85.7 cm³/mol. The first-order valence-corrected chi connectivity index (χ1v) is 7.75. The molecule has 2 rings (SSSR count). The predicted octanol–water partition coefficient (Wildman–Crippen LogP) is 0.513. The maximum atomic E-state index is 12.4. The molecule has 1 aliphatic rings. The van der Waals surface area contributed by atoms with Crippen LogP contribution >= 0.6 is 0 Å². The maximum Gasteiger partial charge on any atom is 0.293 e. The zero-order valence-corrected chi connectivity index (χ0v) is 13.4. The van der Waals surface area contributed by atoms with Crippen LogP contribution in [0.5, 0.6) is 0 Å². The van der Waals surface area contributed by atoms with Crippen LogP contribution in [-0.2, 0) is 6.54 Å². The van der Waals surface area contributed by atoms with Crippen molar-refractivity contribution in [1.29, 1.82) is 0 Å². The van der Waals surface area contributed by atoms with E-state index in [1.807, 2.05) is 0 Å². The van der Waals surface area contributed by atoms with Gasteiger partial charge in [-0.3, -0.25) is 9.69 Å². The van der Waals surface area contributed by atoms with Gasteiger partial charge in [0.05, 0.1) is 0 Å². The topological polar surface area (TPSA) is 67.4 Å². The Balaban J connectivity index is 2.09. The lowest BCUT2D eigenvalue weighted by molar-refractivity contribution is 0.119. The lowest BCUT2D eigenvalue weighted by Gasteiger charge is -2.43. The molecule has 0 bridgehead atoms. The van der Waals surface area contributed by atoms with Crippen LogP contribution in [0.3, 0.4) is 0 Å². The molecule has 6 nitrogen and oxygen atoms in total. The van der Waals surface area contributed by atoms with Gasteiger partial charge in [-0.2, -0.15) is 0 Å². The van der Waals surface area contributed by atoms with Crippen LogP contribution < -0.4 is 16.2 Å². The fourth-order valence-electron chi connectivity index (χ4n) is 2.72. The number of rotatable bonds is 5. The molecule has 0 atom stereocenters. The smallest absolute Gasteiger partial charge is 0.293 e. The Kier molecular flexibility index (Phi) is 5.00. The lowest BCUT2D eigenvalue weighted by Crippen LogP contribution is -2.58. The number of aromatic nitrogens is 2. The summed E-state index contributed by atoms with van der Waals surface area (Å²) >= 11 is 0. The van der Waals surface area contributed by atoms with Crippen molar-refractivity contribution in [2.24, 2.45) is 5.73 Å². The van der Waals surface area contributed by atoms with Crippen molar-refractivity contribution in [2.75, 3.05) is 37.6 Å². The molecule has 6 heteroatoms. The number of aryl methyl sites for hydroxylation is 1. The zero-order chi connectivity index (χ0) is 15.5. The van der Waals surface area contributed by atoms with E-state index < -0.39 is 0 Å². The molecule has 1 aliphatic heterocycles. The molecule has 2 heterocycles. The molecule has 0 radical (unpaired) electrons. The summed E-state index contributed by atoms with van der Waals surface area (Å²) in [5, 5.41) is 0. The van der Waals surface area contributed by atoms with E-state index in [1.165, 1.54) is 0 Å². The van der Waals surface area contributed by atoms with Crippen LogP contribution in [0.15, 0.2) is 17.2 Å². The lowest BCUT2D eigenvalue weighted by atomic mass is 10.0. The highest BCUT2D eigenvalue weighted by Crippen LogP contribution is 2.17. The average molecular weight is 293 g/mol. The van der Waals surface area contributed by atoms with Crippen LogP contribution in [0.2, 0.25) is 0 Å². The molecule has 21 heavy (non-hydrogen) atoms. The van der Waals surface area contributed by atoms with Crippen molar-refractivity contribution < 1.29 is 0 Å². The molecule has 0 unspecified atom stereocenters. The van der Waals surface area contributed by atoms with Crippen molar-refractivity contribution in [3.8, 4) is 0 Å². The van der Waals surface area contributed by atoms with Crippen molar-refractivity contribution in [3.05, 3.63) is 22.7 Å². The van der Waals surface area contributed by atoms with E-state index in [0.717, 1.165) is 39.1 Å². The van der Waals surface area contributed by atoms with Gasteiger partial charge in [0.15, 0.2) is 5.82 Å². The molecule has 1 saturated heterocycles. The summed E-state index contributed by atoms with van der Waals surface area (Å²) in [6.45, 7) is 11.2. The molecule has 0 saturated carbocycles. The Morgan fingerprint density at radius 1 is 1.29 bits per heavy atom. The van der Waals surface area contributed by atoms with Gasteiger partial charge in [-0.1, -0.05) is 6.92 Å². The highest BCUT2D eigenvalue weighted by atomic mass is 16.1. The quantitative estimate of drug-likeness (QED) is 0.857. The second-order valence-corrected chi connectivity index (χ2v) is 6.24. The molecule has 118 valence electrons. The van der Waals surface area contributed by atoms with Gasteiger partial charge in [0.1, 0.15) is 0 Å². The molecule has 0 spiro atoms. The van der Waals surface area contributed by atoms with Crippen molar-refractivity contribution in [2.45, 2.75) is 39.3 Å². The van der Waals surface area contributed by atoms with E-state index in [9.17, 15) is 4.79 Å². The van der Waals surface area contributed by atoms with Gasteiger partial charge in [-0.05, 0) is 20.3 Å². The van der Waals surface area contributed by atoms with Gasteiger partial charge in [0.2, 0.25) is 0 Å². The standard InChI is InChI=1S/C15H27N5O/c1-4-6-19-7-5-17-13(14(19)21)18-8-10-20(11-9-18)15(2,3)12-16/h5,7H,4,6,8-12,16H2,1-3H3. The monoisotopic (exact) mass is 293 g/mol. The van der Waals surface area contributed by atoms with Gasteiger partial charge in [-0.15, -0.1) is 0 Å². The van der Waals surface area contributed by atoms with Crippen LogP contribution in [0.25, 0.3) is 0 Å². The minimum Gasteiger partial charge on any atom is -0.349 e. The Morgan fingerprint density at radius 3 is 2.52 bits per heavy atom. The molecule has 2 N–H and O–H groups in total. The average Bonchev–Trinajstić information content (AvgIpc) is 2.50. The van der Waals surface area contributed by atoms with E-state index >= 15 is 0 Å². The fourth-order valence-corrected chi connectivity index (χ4v) is 2.72. The first-order valence-electron chi connectivity index (χ1n) is 7.75. The first-order chi connectivity index (χ1) is 9.99. The summed E-state index contributed by atoms with van der Waals surface area (Å²) in [5.41, 5.74) is 5.87. The third-order valence-electron chi connectivity index (χ3n) is 4.29. The molecule has 0 amide bonds. The van der Waals surface area contributed by atoms with Gasteiger partial charge in [0.25, 0.3) is 5.56 Å². The van der Waals surface area contributed by atoms with E-state index in [4.69, 9.17) is 5.73 Å². The number of piperazine rings is 1. The summed E-state index contributed by atoms with van der Waals surface area (Å²) in [6.07, 6.45) is 4.44. The molecular formula is C15H27N5O. The SMILES string of the molecule is CCCn1ccnc(N2CCN(C(C)(C)CN)CC2)c1=O. The Labute approximate surface area is 126 Å². The Morgan fingerprint density at radius 2 is 1.95 bits per heavy atom. The van der Waals surface area contributed by atoms with Crippen LogP contribution in [-0.4, -0.2) is 52.7 Å². The third-order valence-corrected chi connectivity index (χ3v) is 4.29. The highest BCUT2D eigenvalue weighted by molar-refractivity contribution is 5.36. The summed E-state index contributed by atoms with van der Waals surface area (Å²) in [4.78, 5) is 21.2.